The second-order valence-corrected chi connectivity index (χ2v) is 13.2. The molecular weight excluding hydrogens is 666 g/mol. The van der Waals surface area contributed by atoms with Gasteiger partial charge in [0.2, 0.25) is 29.5 Å². The molecule has 7 atom stereocenters. The predicted molar refractivity (Wildman–Crippen MR) is 192 cm³/mol. The second kappa shape index (κ2) is 21.1. The van der Waals surface area contributed by atoms with Crippen LogP contribution in [0.5, 0.6) is 0 Å². The van der Waals surface area contributed by atoms with Crippen molar-refractivity contribution in [3.05, 3.63) is 35.9 Å². The summed E-state index contributed by atoms with van der Waals surface area (Å²) in [7, 11) is 0. The lowest BCUT2D eigenvalue weighted by molar-refractivity contribution is -0.143. The molecule has 16 nitrogen and oxygen atoms in total. The number of aldehydes is 1. The highest BCUT2D eigenvalue weighted by Gasteiger charge is 2.40. The summed E-state index contributed by atoms with van der Waals surface area (Å²) < 4.78 is 0. The third-order valence-corrected chi connectivity index (χ3v) is 8.52. The Morgan fingerprint density at radius 2 is 1.66 bits per heavy atom. The summed E-state index contributed by atoms with van der Waals surface area (Å²) in [6.45, 7) is 5.44. The van der Waals surface area contributed by atoms with Gasteiger partial charge in [0.25, 0.3) is 0 Å². The lowest BCUT2D eigenvalue weighted by Gasteiger charge is -2.31. The average Bonchev–Trinajstić information content (AvgIpc) is 3.57. The zero-order chi connectivity index (χ0) is 37.4. The molecule has 1 heterocycles. The minimum atomic E-state index is -1.51. The van der Waals surface area contributed by atoms with E-state index in [-0.39, 0.29) is 56.4 Å². The van der Waals surface area contributed by atoms with Gasteiger partial charge in [-0.2, -0.15) is 12.6 Å². The summed E-state index contributed by atoms with van der Waals surface area (Å²) in [5.41, 5.74) is 17.4. The van der Waals surface area contributed by atoms with E-state index >= 15 is 0 Å². The van der Waals surface area contributed by atoms with Crippen molar-refractivity contribution in [2.75, 3.05) is 18.8 Å². The molecule has 0 unspecified atom stereocenters. The lowest BCUT2D eigenvalue weighted by atomic mass is 10.0. The molecule has 0 aliphatic carbocycles. The first-order chi connectivity index (χ1) is 23.7. The minimum Gasteiger partial charge on any atom is -0.391 e. The Morgan fingerprint density at radius 3 is 2.24 bits per heavy atom. The molecule has 17 heteroatoms. The molecular formula is C33H53N9O7S. The highest BCUT2D eigenvalue weighted by atomic mass is 32.1. The third kappa shape index (κ3) is 13.6. The monoisotopic (exact) mass is 719 g/mol. The summed E-state index contributed by atoms with van der Waals surface area (Å²) in [5.74, 6) is -3.43. The number of nitrogens with one attached hydrogen (secondary N) is 4. The van der Waals surface area contributed by atoms with Gasteiger partial charge in [0.05, 0.1) is 18.2 Å². The number of thiol groups is 1. The van der Waals surface area contributed by atoms with E-state index in [4.69, 9.17) is 17.2 Å². The van der Waals surface area contributed by atoms with Crippen molar-refractivity contribution >= 4 is 54.4 Å². The molecule has 2 rings (SSSR count). The maximum absolute atomic E-state index is 13.9. The molecule has 5 amide bonds. The van der Waals surface area contributed by atoms with Crippen LogP contribution in [0.3, 0.4) is 0 Å². The number of aliphatic hydroxyl groups excluding tert-OH is 1. The van der Waals surface area contributed by atoms with Crippen LogP contribution in [0.15, 0.2) is 35.3 Å². The molecule has 50 heavy (non-hydrogen) atoms. The van der Waals surface area contributed by atoms with Crippen molar-refractivity contribution in [1.82, 2.24) is 26.2 Å². The molecule has 1 aliphatic rings. The second-order valence-electron chi connectivity index (χ2n) is 12.8. The summed E-state index contributed by atoms with van der Waals surface area (Å²) in [6.07, 6.45) is 1.02. The first-order valence-electron chi connectivity index (χ1n) is 16.8. The molecule has 1 aromatic carbocycles. The van der Waals surface area contributed by atoms with E-state index in [1.54, 1.807) is 0 Å². The normalized spacial score (nSPS) is 17.7. The quantitative estimate of drug-likeness (QED) is 0.0238. The van der Waals surface area contributed by atoms with Crippen LogP contribution in [0.2, 0.25) is 0 Å². The highest BCUT2D eigenvalue weighted by molar-refractivity contribution is 7.80. The Labute approximate surface area is 298 Å². The molecule has 1 fully saturated rings. The topological polar surface area (TPSA) is 264 Å². The fraction of sp³-hybridized carbons (Fsp3) is 0.606. The van der Waals surface area contributed by atoms with Crippen LogP contribution >= 0.6 is 12.6 Å². The van der Waals surface area contributed by atoms with Gasteiger partial charge in [0, 0.05) is 18.8 Å². The summed E-state index contributed by atoms with van der Waals surface area (Å²) in [4.78, 5) is 83.9. The number of guanidine groups is 1. The Hall–Kier alpha value is -4.22. The van der Waals surface area contributed by atoms with Gasteiger partial charge < -0.3 is 53.3 Å². The highest BCUT2D eigenvalue weighted by Crippen LogP contribution is 2.21. The van der Waals surface area contributed by atoms with E-state index in [1.807, 2.05) is 44.2 Å². The summed E-state index contributed by atoms with van der Waals surface area (Å²) >= 11 is 4.02. The smallest absolute Gasteiger partial charge is 0.245 e. The van der Waals surface area contributed by atoms with Crippen molar-refractivity contribution in [3.63, 3.8) is 0 Å². The molecule has 11 N–H and O–H groups in total. The summed E-state index contributed by atoms with van der Waals surface area (Å²) in [6, 6.07) is 2.80. The van der Waals surface area contributed by atoms with Crippen LogP contribution in [-0.4, -0.2) is 113 Å². The van der Waals surface area contributed by atoms with Crippen LogP contribution in [0, 0.1) is 5.92 Å². The van der Waals surface area contributed by atoms with E-state index in [0.717, 1.165) is 5.56 Å². The SMILES string of the molecule is CC(C)C[C@H](NC(=O)[C@@H](NC(=O)[C@H](CCCN=C(N)N)NC(=O)[C@@H](N)CS)[C@@H](C)O)C(=O)N1CCC[C@H]1C(=O)N[C@H](C=O)Cc1ccccc1. The van der Waals surface area contributed by atoms with Crippen LogP contribution in [0.1, 0.15) is 58.4 Å². The third-order valence-electron chi connectivity index (χ3n) is 8.12. The largest absolute Gasteiger partial charge is 0.391 e. The van der Waals surface area contributed by atoms with E-state index < -0.39 is 71.9 Å². The van der Waals surface area contributed by atoms with Gasteiger partial charge >= 0.3 is 0 Å². The van der Waals surface area contributed by atoms with Gasteiger partial charge in [-0.15, -0.1) is 0 Å². The lowest BCUT2D eigenvalue weighted by Crippen LogP contribution is -2.61. The first-order valence-corrected chi connectivity index (χ1v) is 17.4. The predicted octanol–water partition coefficient (Wildman–Crippen LogP) is -1.90. The zero-order valence-corrected chi connectivity index (χ0v) is 29.8. The number of amides is 5. The van der Waals surface area contributed by atoms with Crippen LogP contribution in [0.4, 0.5) is 0 Å². The van der Waals surface area contributed by atoms with Gasteiger partial charge in [-0.05, 0) is 56.9 Å². The fourth-order valence-electron chi connectivity index (χ4n) is 5.53. The number of likely N-dealkylation sites (tertiary alicyclic amines) is 1. The first kappa shape index (κ1) is 41.9. The molecule has 0 radical (unpaired) electrons. The molecule has 1 aromatic rings. The van der Waals surface area contributed by atoms with Crippen LogP contribution in [-0.2, 0) is 35.2 Å². The van der Waals surface area contributed by atoms with E-state index in [1.165, 1.54) is 11.8 Å². The number of hydrogen-bond acceptors (Lipinski definition) is 10. The van der Waals surface area contributed by atoms with E-state index in [0.29, 0.717) is 19.1 Å². The Morgan fingerprint density at radius 1 is 1.00 bits per heavy atom. The Kier molecular flexibility index (Phi) is 17.7. The van der Waals surface area contributed by atoms with Gasteiger partial charge in [-0.3, -0.25) is 29.0 Å². The van der Waals surface area contributed by atoms with Crippen LogP contribution in [0.25, 0.3) is 0 Å². The molecule has 1 saturated heterocycles. The zero-order valence-electron chi connectivity index (χ0n) is 28.9. The van der Waals surface area contributed by atoms with E-state index in [9.17, 15) is 33.9 Å². The van der Waals surface area contributed by atoms with Crippen molar-refractivity contribution < 1.29 is 33.9 Å². The number of benzene rings is 1. The maximum Gasteiger partial charge on any atom is 0.245 e. The number of nitrogens with two attached hydrogens (primary N) is 3. The molecule has 0 spiro atoms. The fourth-order valence-corrected chi connectivity index (χ4v) is 5.70. The average molecular weight is 720 g/mol. The number of carbonyl (C=O) groups excluding carboxylic acids is 6. The molecule has 278 valence electrons. The Balaban J connectivity index is 2.20. The number of carbonyl (C=O) groups is 6. The van der Waals surface area contributed by atoms with Crippen LogP contribution < -0.4 is 38.5 Å². The molecule has 0 aromatic heterocycles. The van der Waals surface area contributed by atoms with Crippen molar-refractivity contribution in [1.29, 1.82) is 0 Å². The summed E-state index contributed by atoms with van der Waals surface area (Å²) in [5, 5.41) is 21.0. The maximum atomic E-state index is 13.9. The number of rotatable bonds is 20. The standard InChI is InChI=1S/C33H53N9O7S/c1-19(2)15-25(32(49)42-14-8-12-26(42)30(47)38-22(17-43)16-21-9-5-4-6-10-21)40-31(48)27(20(3)44)41-29(46)24(11-7-13-37-33(35)36)39-28(45)23(34)18-50/h4-6,9-10,17,19-20,22-27,44,50H,7-8,11-16,18,34H2,1-3H3,(H,38,47)(H,39,45)(H,40,48)(H,41,46)(H4,35,36,37)/t20-,22+,23+,24+,25+,26+,27+/m1/s1. The Bertz CT molecular complexity index is 1330. The number of nitrogens with zero attached hydrogens (tertiary/aromatic N) is 2. The van der Waals surface area contributed by atoms with Gasteiger partial charge in [-0.1, -0.05) is 44.2 Å². The number of hydrogen-bond donors (Lipinski definition) is 9. The molecule has 1 aliphatic heterocycles. The van der Waals surface area contributed by atoms with Crippen molar-refractivity contribution in [2.24, 2.45) is 28.1 Å². The molecule has 0 saturated carbocycles. The van der Waals surface area contributed by atoms with Gasteiger partial charge in [0.1, 0.15) is 30.5 Å². The minimum absolute atomic E-state index is 0.0169. The van der Waals surface area contributed by atoms with Crippen molar-refractivity contribution in [2.45, 2.75) is 102 Å². The number of aliphatic imine (C=N–C) groups is 1. The van der Waals surface area contributed by atoms with Crippen molar-refractivity contribution in [3.8, 4) is 0 Å². The number of aliphatic hydroxyl groups is 1. The molecule has 0 bridgehead atoms. The van der Waals surface area contributed by atoms with Gasteiger partial charge in [-0.25, -0.2) is 0 Å². The van der Waals surface area contributed by atoms with Gasteiger partial charge in [0.15, 0.2) is 5.96 Å². The van der Waals surface area contributed by atoms with E-state index in [2.05, 4.69) is 38.9 Å².